The normalized spacial score (nSPS) is 32.3. The van der Waals surface area contributed by atoms with Gasteiger partial charge < -0.3 is 36.2 Å². The summed E-state index contributed by atoms with van der Waals surface area (Å²) in [5.41, 5.74) is 5.95. The van der Waals surface area contributed by atoms with E-state index in [9.17, 15) is 24.3 Å². The lowest BCUT2D eigenvalue weighted by Gasteiger charge is -2.47. The monoisotopic (exact) mass is 521 g/mol. The standard InChI is InChI=1S/C23H35N7O5S/c1-11-18-17(12(2)27-16(31)9-28(3)10-24)22(33)30(18)19(23(34)35)20(11)36-14-6-15(26-7-14)21(32)29-5-4-13(25)8-29/h10-15,17-18,24,26H,4-9,25H2,1-3H3,(H,27,31)(H,34,35)/t11-,12-,13-,14+,15+,17-,18-/m1/s1. The van der Waals surface area contributed by atoms with Crippen molar-refractivity contribution in [1.29, 1.82) is 5.41 Å². The van der Waals surface area contributed by atoms with Crippen molar-refractivity contribution in [2.45, 2.75) is 56.1 Å². The predicted octanol–water partition coefficient (Wildman–Crippen LogP) is -1.17. The van der Waals surface area contributed by atoms with Gasteiger partial charge in [0.2, 0.25) is 17.7 Å². The van der Waals surface area contributed by atoms with E-state index in [1.54, 1.807) is 18.9 Å². The third-order valence-corrected chi connectivity index (χ3v) is 9.06. The topological polar surface area (TPSA) is 172 Å². The molecule has 36 heavy (non-hydrogen) atoms. The number of fused-ring (bicyclic) bond motifs is 1. The van der Waals surface area contributed by atoms with Crippen molar-refractivity contribution in [2.75, 3.05) is 33.2 Å². The summed E-state index contributed by atoms with van der Waals surface area (Å²) in [6.07, 6.45) is 2.42. The van der Waals surface area contributed by atoms with Crippen molar-refractivity contribution >= 4 is 41.8 Å². The van der Waals surface area contributed by atoms with Crippen LogP contribution in [-0.4, -0.2) is 112 Å². The number of rotatable bonds is 9. The van der Waals surface area contributed by atoms with Crippen molar-refractivity contribution in [3.63, 3.8) is 0 Å². The van der Waals surface area contributed by atoms with Gasteiger partial charge in [-0.1, -0.05) is 6.92 Å². The molecule has 198 valence electrons. The highest BCUT2D eigenvalue weighted by atomic mass is 32.2. The molecular formula is C23H35N7O5S. The quantitative estimate of drug-likeness (QED) is 0.142. The van der Waals surface area contributed by atoms with Crippen LogP contribution in [0.25, 0.3) is 0 Å². The maximum atomic E-state index is 13.1. The Morgan fingerprint density at radius 1 is 1.42 bits per heavy atom. The highest BCUT2D eigenvalue weighted by Crippen LogP contribution is 2.51. The average Bonchev–Trinajstić information content (AvgIpc) is 3.51. The fourth-order valence-corrected chi connectivity index (χ4v) is 7.21. The fourth-order valence-electron chi connectivity index (χ4n) is 5.73. The van der Waals surface area contributed by atoms with Gasteiger partial charge in [-0.2, -0.15) is 0 Å². The first-order chi connectivity index (χ1) is 17.0. The van der Waals surface area contributed by atoms with Crippen LogP contribution in [0.5, 0.6) is 0 Å². The number of carbonyl (C=O) groups is 4. The zero-order valence-electron chi connectivity index (χ0n) is 20.8. The molecule has 0 aromatic carbocycles. The molecule has 3 fully saturated rings. The summed E-state index contributed by atoms with van der Waals surface area (Å²) >= 11 is 1.44. The lowest BCUT2D eigenvalue weighted by atomic mass is 9.78. The van der Waals surface area contributed by atoms with Gasteiger partial charge in [-0.15, -0.1) is 11.8 Å². The number of nitrogens with zero attached hydrogens (tertiary/aromatic N) is 3. The number of hydrogen-bond donors (Lipinski definition) is 5. The SMILES string of the molecule is C[C@@H](NC(=O)CN(C)C=N)[C@H]1C(=O)N2C(C(=O)O)=C(S[C@@H]3CN[C@H](C(=O)N4CC[C@@H](N)C4)C3)[C@H](C)[C@H]12. The first kappa shape index (κ1) is 26.4. The number of β-lactam (4-membered cyclic amide) rings is 1. The van der Waals surface area contributed by atoms with Crippen molar-refractivity contribution in [1.82, 2.24) is 25.3 Å². The van der Waals surface area contributed by atoms with Gasteiger partial charge in [0.05, 0.1) is 30.9 Å². The second-order valence-corrected chi connectivity index (χ2v) is 11.5. The van der Waals surface area contributed by atoms with Crippen LogP contribution < -0.4 is 16.4 Å². The van der Waals surface area contributed by atoms with Gasteiger partial charge in [-0.05, 0) is 19.8 Å². The van der Waals surface area contributed by atoms with Gasteiger partial charge in [0, 0.05) is 54.8 Å². The Morgan fingerprint density at radius 2 is 2.14 bits per heavy atom. The van der Waals surface area contributed by atoms with Crippen LogP contribution in [0.15, 0.2) is 10.6 Å². The van der Waals surface area contributed by atoms with Crippen molar-refractivity contribution < 1.29 is 24.3 Å². The van der Waals surface area contributed by atoms with E-state index in [-0.39, 0.29) is 59.3 Å². The molecule has 0 spiro atoms. The molecule has 0 radical (unpaired) electrons. The van der Waals surface area contributed by atoms with Gasteiger partial charge in [0.25, 0.3) is 0 Å². The fraction of sp³-hybridized carbons (Fsp3) is 0.696. The Bertz CT molecular complexity index is 990. The smallest absolute Gasteiger partial charge is 0.353 e. The second kappa shape index (κ2) is 10.4. The van der Waals surface area contributed by atoms with Crippen LogP contribution in [0.2, 0.25) is 0 Å². The van der Waals surface area contributed by atoms with Crippen LogP contribution in [0.3, 0.4) is 0 Å². The number of carboxylic acids is 1. The van der Waals surface area contributed by atoms with E-state index in [1.807, 2.05) is 6.92 Å². The molecule has 4 aliphatic rings. The summed E-state index contributed by atoms with van der Waals surface area (Å²) in [7, 11) is 1.61. The van der Waals surface area contributed by atoms with Crippen LogP contribution in [0.4, 0.5) is 0 Å². The number of likely N-dealkylation sites (N-methyl/N-ethyl adjacent to an activating group) is 1. The minimum absolute atomic E-state index is 0.00284. The third kappa shape index (κ3) is 4.83. The van der Waals surface area contributed by atoms with Crippen molar-refractivity contribution in [2.24, 2.45) is 17.6 Å². The second-order valence-electron chi connectivity index (χ2n) is 10.2. The van der Waals surface area contributed by atoms with Crippen molar-refractivity contribution in [3.05, 3.63) is 10.6 Å². The summed E-state index contributed by atoms with van der Waals surface area (Å²) in [5.74, 6) is -2.46. The molecule has 0 aromatic heterocycles. The molecule has 0 bridgehead atoms. The van der Waals surface area contributed by atoms with Gasteiger partial charge >= 0.3 is 5.97 Å². The summed E-state index contributed by atoms with van der Waals surface area (Å²) in [4.78, 5) is 55.6. The van der Waals surface area contributed by atoms with Gasteiger partial charge in [0.1, 0.15) is 5.70 Å². The Hall–Kier alpha value is -2.64. The first-order valence-corrected chi connectivity index (χ1v) is 13.2. The highest BCUT2D eigenvalue weighted by molar-refractivity contribution is 8.03. The van der Waals surface area contributed by atoms with Gasteiger partial charge in [0.15, 0.2) is 0 Å². The lowest BCUT2D eigenvalue weighted by Crippen LogP contribution is -2.66. The van der Waals surface area contributed by atoms with Crippen LogP contribution >= 0.6 is 11.8 Å². The Morgan fingerprint density at radius 3 is 2.75 bits per heavy atom. The number of likely N-dealkylation sites (tertiary alicyclic amines) is 1. The lowest BCUT2D eigenvalue weighted by molar-refractivity contribution is -0.158. The van der Waals surface area contributed by atoms with E-state index in [0.717, 1.165) is 12.8 Å². The number of aliphatic carboxylic acids is 1. The molecular weight excluding hydrogens is 486 g/mol. The van der Waals surface area contributed by atoms with Crippen molar-refractivity contribution in [3.8, 4) is 0 Å². The minimum Gasteiger partial charge on any atom is -0.477 e. The molecule has 13 heteroatoms. The van der Waals surface area contributed by atoms with E-state index < -0.39 is 17.9 Å². The number of amides is 3. The molecule has 0 aliphatic carbocycles. The van der Waals surface area contributed by atoms with E-state index in [1.165, 1.54) is 21.6 Å². The molecule has 4 rings (SSSR count). The Balaban J connectivity index is 1.41. The zero-order chi connectivity index (χ0) is 26.3. The summed E-state index contributed by atoms with van der Waals surface area (Å²) in [5, 5.41) is 23.3. The molecule has 7 atom stereocenters. The Labute approximate surface area is 214 Å². The number of carboxylic acid groups (broad SMARTS) is 1. The maximum absolute atomic E-state index is 13.1. The first-order valence-electron chi connectivity index (χ1n) is 12.3. The molecule has 12 nitrogen and oxygen atoms in total. The molecule has 4 heterocycles. The summed E-state index contributed by atoms with van der Waals surface area (Å²) in [6.45, 7) is 5.46. The number of thioether (sulfide) groups is 1. The molecule has 3 amide bonds. The molecule has 6 N–H and O–H groups in total. The molecule has 4 aliphatic heterocycles. The molecule has 0 saturated carbocycles. The highest BCUT2D eigenvalue weighted by Gasteiger charge is 2.60. The molecule has 0 unspecified atom stereocenters. The van der Waals surface area contributed by atoms with Gasteiger partial charge in [-0.3, -0.25) is 19.8 Å². The van der Waals surface area contributed by atoms with E-state index in [2.05, 4.69) is 10.6 Å². The number of hydrogen-bond acceptors (Lipinski definition) is 8. The third-order valence-electron chi connectivity index (χ3n) is 7.55. The minimum atomic E-state index is -1.15. The largest absolute Gasteiger partial charge is 0.477 e. The van der Waals surface area contributed by atoms with Crippen LogP contribution in [0, 0.1) is 17.2 Å². The average molecular weight is 522 g/mol. The molecule has 0 aromatic rings. The number of carbonyl (C=O) groups excluding carboxylic acids is 3. The van der Waals surface area contributed by atoms with Gasteiger partial charge in [-0.25, -0.2) is 4.79 Å². The van der Waals surface area contributed by atoms with E-state index in [4.69, 9.17) is 11.1 Å². The molecule has 3 saturated heterocycles. The summed E-state index contributed by atoms with van der Waals surface area (Å²) in [6, 6.07) is -1.13. The number of nitrogens with one attached hydrogen (secondary N) is 3. The Kier molecular flexibility index (Phi) is 7.62. The van der Waals surface area contributed by atoms with E-state index >= 15 is 0 Å². The zero-order valence-corrected chi connectivity index (χ0v) is 21.6. The van der Waals surface area contributed by atoms with Crippen LogP contribution in [-0.2, 0) is 19.2 Å². The van der Waals surface area contributed by atoms with E-state index in [0.29, 0.717) is 31.0 Å². The van der Waals surface area contributed by atoms with Crippen LogP contribution in [0.1, 0.15) is 26.7 Å². The maximum Gasteiger partial charge on any atom is 0.353 e. The number of nitrogens with two attached hydrogens (primary N) is 1. The predicted molar refractivity (Wildman–Crippen MR) is 134 cm³/mol. The summed E-state index contributed by atoms with van der Waals surface area (Å²) < 4.78 is 0.